The third-order valence-corrected chi connectivity index (χ3v) is 4.89. The summed E-state index contributed by atoms with van der Waals surface area (Å²) in [5.41, 5.74) is 3.36. The topological polar surface area (TPSA) is 74.1 Å². The van der Waals surface area contributed by atoms with Gasteiger partial charge in [-0.25, -0.2) is 9.48 Å². The first-order valence-corrected chi connectivity index (χ1v) is 9.97. The molecular formula is C24H25N3O3. The van der Waals surface area contributed by atoms with Crippen molar-refractivity contribution in [3.63, 3.8) is 0 Å². The Labute approximate surface area is 176 Å². The van der Waals surface area contributed by atoms with Crippen LogP contribution < -0.4 is 0 Å². The van der Waals surface area contributed by atoms with Gasteiger partial charge < -0.3 is 4.74 Å². The number of rotatable bonds is 9. The van der Waals surface area contributed by atoms with Crippen LogP contribution in [0.2, 0.25) is 0 Å². The predicted octanol–water partition coefficient (Wildman–Crippen LogP) is 4.28. The summed E-state index contributed by atoms with van der Waals surface area (Å²) in [5, 5.41) is 8.05. The van der Waals surface area contributed by atoms with Crippen LogP contribution in [0.4, 0.5) is 0 Å². The van der Waals surface area contributed by atoms with Crippen LogP contribution in [0.3, 0.4) is 0 Å². The normalized spacial score (nSPS) is 12.1. The summed E-state index contributed by atoms with van der Waals surface area (Å²) in [6.07, 6.45) is 5.54. The van der Waals surface area contributed by atoms with Gasteiger partial charge in [-0.05, 0) is 29.5 Å². The Balaban J connectivity index is 1.48. The molecule has 3 rings (SSSR count). The Morgan fingerprint density at radius 1 is 1.10 bits per heavy atom. The van der Waals surface area contributed by atoms with E-state index in [9.17, 15) is 9.59 Å². The molecule has 6 nitrogen and oxygen atoms in total. The summed E-state index contributed by atoms with van der Waals surface area (Å²) < 4.78 is 6.74. The molecule has 30 heavy (non-hydrogen) atoms. The molecule has 6 heteroatoms. The van der Waals surface area contributed by atoms with E-state index in [1.165, 1.54) is 17.7 Å². The highest BCUT2D eigenvalue weighted by Crippen LogP contribution is 2.19. The zero-order valence-corrected chi connectivity index (χ0v) is 17.2. The third kappa shape index (κ3) is 5.98. The van der Waals surface area contributed by atoms with E-state index >= 15 is 0 Å². The summed E-state index contributed by atoms with van der Waals surface area (Å²) in [4.78, 5) is 24.1. The smallest absolute Gasteiger partial charge is 0.331 e. The highest BCUT2D eigenvalue weighted by Gasteiger charge is 2.10. The second-order valence-electron chi connectivity index (χ2n) is 7.12. The molecule has 0 saturated carbocycles. The van der Waals surface area contributed by atoms with Gasteiger partial charge in [-0.1, -0.05) is 73.7 Å². The number of hydrogen-bond donors (Lipinski definition) is 0. The molecule has 3 aromatic rings. The second-order valence-corrected chi connectivity index (χ2v) is 7.12. The first-order valence-electron chi connectivity index (χ1n) is 9.97. The molecule has 0 N–H and O–H groups in total. The van der Waals surface area contributed by atoms with Crippen LogP contribution in [-0.2, 0) is 16.1 Å². The molecule has 1 heterocycles. The number of esters is 1. The fraction of sp³-hybridized carbons (Fsp3) is 0.250. The van der Waals surface area contributed by atoms with Gasteiger partial charge in [0.2, 0.25) is 0 Å². The Bertz CT molecular complexity index is 1010. The minimum absolute atomic E-state index is 0.235. The Kier molecular flexibility index (Phi) is 7.27. The molecule has 0 spiro atoms. The lowest BCUT2D eigenvalue weighted by atomic mass is 9.97. The van der Waals surface area contributed by atoms with Gasteiger partial charge in [-0.3, -0.25) is 4.79 Å². The highest BCUT2D eigenvalue weighted by molar-refractivity contribution is 5.98. The van der Waals surface area contributed by atoms with Crippen LogP contribution in [0.1, 0.15) is 53.4 Å². The molecule has 0 saturated heterocycles. The van der Waals surface area contributed by atoms with Crippen LogP contribution >= 0.6 is 0 Å². The maximum absolute atomic E-state index is 12.2. The molecule has 1 atom stereocenters. The van der Waals surface area contributed by atoms with Gasteiger partial charge in [-0.15, -0.1) is 5.10 Å². The second kappa shape index (κ2) is 10.3. The Hall–Kier alpha value is -3.54. The quantitative estimate of drug-likeness (QED) is 0.303. The standard InChI is InChI=1S/C24H25N3O3/c1-3-18(2)20-9-11-21(12-10-20)23(28)17-30-24(29)14-13-22-16-27(26-25-22)15-19-7-5-4-6-8-19/h4-14,16,18H,3,15,17H2,1-2H3/b14-13+/t18-/m0/s1. The Morgan fingerprint density at radius 3 is 2.53 bits per heavy atom. The SMILES string of the molecule is CC[C@H](C)c1ccc(C(=O)COC(=O)/C=C/c2cn(Cc3ccccc3)nn2)cc1. The molecule has 0 fully saturated rings. The minimum atomic E-state index is -0.600. The summed E-state index contributed by atoms with van der Waals surface area (Å²) in [5.74, 6) is -0.388. The fourth-order valence-electron chi connectivity index (χ4n) is 2.89. The summed E-state index contributed by atoms with van der Waals surface area (Å²) >= 11 is 0. The Morgan fingerprint density at radius 2 is 1.83 bits per heavy atom. The molecule has 0 aliphatic rings. The van der Waals surface area contributed by atoms with E-state index in [4.69, 9.17) is 4.74 Å². The predicted molar refractivity (Wildman–Crippen MR) is 115 cm³/mol. The number of Topliss-reactive ketones (excluding diaryl/α,β-unsaturated/α-hetero) is 1. The molecule has 0 bridgehead atoms. The van der Waals surface area contributed by atoms with Gasteiger partial charge in [-0.2, -0.15) is 0 Å². The van der Waals surface area contributed by atoms with Gasteiger partial charge in [0.25, 0.3) is 0 Å². The van der Waals surface area contributed by atoms with Crippen LogP contribution in [0.25, 0.3) is 6.08 Å². The van der Waals surface area contributed by atoms with Crippen molar-refractivity contribution in [2.24, 2.45) is 0 Å². The molecule has 0 unspecified atom stereocenters. The minimum Gasteiger partial charge on any atom is -0.454 e. The molecule has 2 aromatic carbocycles. The van der Waals surface area contributed by atoms with Crippen LogP contribution in [0, 0.1) is 0 Å². The van der Waals surface area contributed by atoms with Crippen molar-refractivity contribution in [3.8, 4) is 0 Å². The first kappa shape index (κ1) is 21.2. The van der Waals surface area contributed by atoms with E-state index in [1.54, 1.807) is 23.0 Å². The average molecular weight is 403 g/mol. The first-order chi connectivity index (χ1) is 14.5. The number of benzene rings is 2. The van der Waals surface area contributed by atoms with E-state index < -0.39 is 5.97 Å². The van der Waals surface area contributed by atoms with E-state index in [1.807, 2.05) is 42.5 Å². The summed E-state index contributed by atoms with van der Waals surface area (Å²) in [7, 11) is 0. The molecule has 0 radical (unpaired) electrons. The molecule has 154 valence electrons. The van der Waals surface area contributed by atoms with E-state index in [-0.39, 0.29) is 12.4 Å². The van der Waals surface area contributed by atoms with Crippen molar-refractivity contribution in [3.05, 3.63) is 89.3 Å². The van der Waals surface area contributed by atoms with Gasteiger partial charge in [0.05, 0.1) is 12.7 Å². The van der Waals surface area contributed by atoms with Gasteiger partial charge in [0.15, 0.2) is 12.4 Å². The van der Waals surface area contributed by atoms with Crippen molar-refractivity contribution >= 4 is 17.8 Å². The number of carbonyl (C=O) groups is 2. The van der Waals surface area contributed by atoms with E-state index in [2.05, 4.69) is 24.2 Å². The average Bonchev–Trinajstić information content (AvgIpc) is 3.23. The number of aromatic nitrogens is 3. The lowest BCUT2D eigenvalue weighted by Crippen LogP contribution is -2.12. The van der Waals surface area contributed by atoms with Crippen LogP contribution in [-0.4, -0.2) is 33.4 Å². The number of ketones is 1. The molecule has 1 aromatic heterocycles. The van der Waals surface area contributed by atoms with Crippen molar-refractivity contribution in [1.82, 2.24) is 15.0 Å². The van der Waals surface area contributed by atoms with Crippen molar-refractivity contribution < 1.29 is 14.3 Å². The maximum Gasteiger partial charge on any atom is 0.331 e. The van der Waals surface area contributed by atoms with Gasteiger partial charge in [0, 0.05) is 11.6 Å². The van der Waals surface area contributed by atoms with Crippen molar-refractivity contribution in [2.45, 2.75) is 32.7 Å². The van der Waals surface area contributed by atoms with E-state index in [0.717, 1.165) is 12.0 Å². The summed E-state index contributed by atoms with van der Waals surface area (Å²) in [6, 6.07) is 17.3. The highest BCUT2D eigenvalue weighted by atomic mass is 16.5. The maximum atomic E-state index is 12.2. The summed E-state index contributed by atoms with van der Waals surface area (Å²) in [6.45, 7) is 4.56. The molecule has 0 aliphatic heterocycles. The largest absolute Gasteiger partial charge is 0.454 e. The number of carbonyl (C=O) groups excluding carboxylic acids is 2. The fourth-order valence-corrected chi connectivity index (χ4v) is 2.89. The number of nitrogens with zero attached hydrogens (tertiary/aromatic N) is 3. The lowest BCUT2D eigenvalue weighted by Gasteiger charge is -2.09. The van der Waals surface area contributed by atoms with Gasteiger partial charge >= 0.3 is 5.97 Å². The van der Waals surface area contributed by atoms with Crippen molar-refractivity contribution in [1.29, 1.82) is 0 Å². The zero-order chi connectivity index (χ0) is 21.3. The monoisotopic (exact) mass is 403 g/mol. The zero-order valence-electron chi connectivity index (χ0n) is 17.2. The van der Waals surface area contributed by atoms with Gasteiger partial charge in [0.1, 0.15) is 5.69 Å². The van der Waals surface area contributed by atoms with Crippen LogP contribution in [0.15, 0.2) is 66.9 Å². The third-order valence-electron chi connectivity index (χ3n) is 4.89. The van der Waals surface area contributed by atoms with Crippen molar-refractivity contribution in [2.75, 3.05) is 6.61 Å². The molecule has 0 amide bonds. The lowest BCUT2D eigenvalue weighted by molar-refractivity contribution is -0.136. The number of ether oxygens (including phenoxy) is 1. The molecule has 0 aliphatic carbocycles. The van der Waals surface area contributed by atoms with Crippen LogP contribution in [0.5, 0.6) is 0 Å². The van der Waals surface area contributed by atoms with E-state index in [0.29, 0.717) is 23.7 Å². The molecular weight excluding hydrogens is 378 g/mol. The number of hydrogen-bond acceptors (Lipinski definition) is 5.